The number of carbonyl (C=O) groups excluding carboxylic acids is 3. The molecule has 11 heteroatoms. The van der Waals surface area contributed by atoms with Gasteiger partial charge >= 0.3 is 6.03 Å². The van der Waals surface area contributed by atoms with Crippen molar-refractivity contribution in [1.82, 2.24) is 19.8 Å². The number of aliphatic hydroxyl groups excluding tert-OH is 1. The Kier molecular flexibility index (Phi) is 8.82. The number of carbonyl (C=O) groups is 3. The molecule has 11 nitrogen and oxygen atoms in total. The molecule has 1 aliphatic heterocycles. The first-order chi connectivity index (χ1) is 20.8. The number of para-hydroxylation sites is 1. The van der Waals surface area contributed by atoms with Gasteiger partial charge in [-0.15, -0.1) is 0 Å². The van der Waals surface area contributed by atoms with Crippen molar-refractivity contribution in [2.45, 2.75) is 26.0 Å². The van der Waals surface area contributed by atoms with E-state index in [9.17, 15) is 19.5 Å². The number of benzene rings is 3. The molecule has 0 bridgehead atoms. The van der Waals surface area contributed by atoms with E-state index in [1.807, 2.05) is 49.4 Å². The average molecular weight is 583 g/mol. The summed E-state index contributed by atoms with van der Waals surface area (Å²) < 4.78 is 6.51. The van der Waals surface area contributed by atoms with Crippen LogP contribution in [0.15, 0.2) is 79.3 Å². The Bertz CT molecular complexity index is 1630. The molecule has 3 N–H and O–H groups in total. The zero-order chi connectivity index (χ0) is 30.5. The third-order valence-corrected chi connectivity index (χ3v) is 7.57. The Morgan fingerprint density at radius 1 is 1.07 bits per heavy atom. The summed E-state index contributed by atoms with van der Waals surface area (Å²) in [5.74, 6) is -0.919. The summed E-state index contributed by atoms with van der Waals surface area (Å²) in [5, 5.41) is 17.7. The van der Waals surface area contributed by atoms with Gasteiger partial charge < -0.3 is 30.3 Å². The van der Waals surface area contributed by atoms with Crippen molar-refractivity contribution in [3.05, 3.63) is 90.5 Å². The number of hydrogen-bond acceptors (Lipinski definition) is 7. The number of rotatable bonds is 7. The normalized spacial score (nSPS) is 17.2. The molecule has 43 heavy (non-hydrogen) atoms. The molecule has 3 atom stereocenters. The van der Waals surface area contributed by atoms with E-state index < -0.39 is 18.1 Å². The number of amides is 4. The van der Waals surface area contributed by atoms with Crippen LogP contribution < -0.4 is 15.4 Å². The van der Waals surface area contributed by atoms with Crippen LogP contribution in [0.1, 0.15) is 34.7 Å². The summed E-state index contributed by atoms with van der Waals surface area (Å²) in [4.78, 5) is 51.2. The summed E-state index contributed by atoms with van der Waals surface area (Å²) in [5.41, 5.74) is 1.30. The second-order valence-electron chi connectivity index (χ2n) is 10.7. The van der Waals surface area contributed by atoms with Crippen LogP contribution in [0.3, 0.4) is 0 Å². The Labute approximate surface area is 249 Å². The molecule has 2 heterocycles. The Hall–Kier alpha value is -5.03. The van der Waals surface area contributed by atoms with Crippen LogP contribution in [0.5, 0.6) is 5.75 Å². The lowest BCUT2D eigenvalue weighted by atomic mass is 9.99. The molecule has 1 aromatic heterocycles. The number of fused-ring (bicyclic) bond motifs is 2. The largest absolute Gasteiger partial charge is 0.485 e. The van der Waals surface area contributed by atoms with Crippen molar-refractivity contribution >= 4 is 40.0 Å². The van der Waals surface area contributed by atoms with Gasteiger partial charge in [-0.1, -0.05) is 49.4 Å². The van der Waals surface area contributed by atoms with Crippen LogP contribution in [0, 0.1) is 5.92 Å². The smallest absolute Gasteiger partial charge is 0.321 e. The molecule has 0 saturated heterocycles. The zero-order valence-electron chi connectivity index (χ0n) is 24.2. The van der Waals surface area contributed by atoms with Crippen molar-refractivity contribution in [3.63, 3.8) is 0 Å². The number of ether oxygens (including phenoxy) is 1. The van der Waals surface area contributed by atoms with Crippen LogP contribution in [-0.2, 0) is 0 Å². The van der Waals surface area contributed by atoms with Gasteiger partial charge in [-0.3, -0.25) is 14.6 Å². The van der Waals surface area contributed by atoms with E-state index in [2.05, 4.69) is 20.6 Å². The van der Waals surface area contributed by atoms with Crippen LogP contribution in [0.25, 0.3) is 10.8 Å². The highest BCUT2D eigenvalue weighted by Gasteiger charge is 2.35. The maximum Gasteiger partial charge on any atom is 0.321 e. The number of nitrogens with one attached hydrogen (secondary N) is 2. The predicted octanol–water partition coefficient (Wildman–Crippen LogP) is 4.27. The molecular formula is C32H34N6O5. The third-order valence-electron chi connectivity index (χ3n) is 7.57. The van der Waals surface area contributed by atoms with E-state index in [-0.39, 0.29) is 53.7 Å². The minimum absolute atomic E-state index is 0.0996. The van der Waals surface area contributed by atoms with Gasteiger partial charge in [0, 0.05) is 37.3 Å². The minimum Gasteiger partial charge on any atom is -0.485 e. The van der Waals surface area contributed by atoms with E-state index in [0.717, 1.165) is 10.8 Å². The van der Waals surface area contributed by atoms with Crippen molar-refractivity contribution in [2.24, 2.45) is 5.92 Å². The number of hydrogen-bond donors (Lipinski definition) is 3. The van der Waals surface area contributed by atoms with Crippen molar-refractivity contribution < 1.29 is 24.2 Å². The fourth-order valence-electron chi connectivity index (χ4n) is 5.06. The fraction of sp³-hybridized carbons (Fsp3) is 0.281. The second-order valence-corrected chi connectivity index (χ2v) is 10.7. The molecule has 1 aliphatic rings. The third kappa shape index (κ3) is 6.41. The van der Waals surface area contributed by atoms with Crippen molar-refractivity contribution in [1.29, 1.82) is 0 Å². The summed E-state index contributed by atoms with van der Waals surface area (Å²) in [6, 6.07) is 17.6. The molecule has 0 fully saturated rings. The highest BCUT2D eigenvalue weighted by Crippen LogP contribution is 2.35. The number of likely N-dealkylation sites (N-methyl/N-ethyl adjacent to an activating group) is 1. The van der Waals surface area contributed by atoms with Gasteiger partial charge in [0.05, 0.1) is 42.3 Å². The van der Waals surface area contributed by atoms with Gasteiger partial charge in [0.25, 0.3) is 11.8 Å². The van der Waals surface area contributed by atoms with Gasteiger partial charge in [0.1, 0.15) is 11.8 Å². The van der Waals surface area contributed by atoms with E-state index in [4.69, 9.17) is 4.74 Å². The maximum absolute atomic E-state index is 13.7. The standard InChI is InChI=1S/C32H34N6O5/c1-20-17-38(21(2)19-39)31(41)24-11-7-13-26(35-30(40)27-16-33-14-15-34-27)29(24)43-28(20)18-37(3)32(42)36-25-12-6-9-22-8-4-5-10-23(22)25/h4-16,20-21,28,39H,17-19H2,1-3H3,(H,35,40)(H,36,42)/t20-,21+,28-/m1/s1. The first-order valence-corrected chi connectivity index (χ1v) is 14.1. The number of anilines is 2. The van der Waals surface area contributed by atoms with Gasteiger partial charge in [-0.2, -0.15) is 0 Å². The predicted molar refractivity (Wildman–Crippen MR) is 163 cm³/mol. The number of urea groups is 1. The van der Waals surface area contributed by atoms with E-state index >= 15 is 0 Å². The van der Waals surface area contributed by atoms with E-state index in [1.165, 1.54) is 23.5 Å². The van der Waals surface area contributed by atoms with Gasteiger partial charge in [0.15, 0.2) is 5.75 Å². The quantitative estimate of drug-likeness (QED) is 0.296. The summed E-state index contributed by atoms with van der Waals surface area (Å²) in [7, 11) is 1.68. The first kappa shape index (κ1) is 29.5. The molecule has 0 radical (unpaired) electrons. The van der Waals surface area contributed by atoms with Gasteiger partial charge in [0.2, 0.25) is 0 Å². The lowest BCUT2D eigenvalue weighted by Gasteiger charge is -2.38. The highest BCUT2D eigenvalue weighted by molar-refractivity contribution is 6.06. The molecule has 0 spiro atoms. The van der Waals surface area contributed by atoms with Crippen LogP contribution in [0.4, 0.5) is 16.2 Å². The maximum atomic E-state index is 13.7. The molecule has 4 aromatic rings. The minimum atomic E-state index is -0.571. The first-order valence-electron chi connectivity index (χ1n) is 14.1. The topological polar surface area (TPSA) is 137 Å². The van der Waals surface area contributed by atoms with E-state index in [0.29, 0.717) is 12.2 Å². The van der Waals surface area contributed by atoms with Crippen LogP contribution in [-0.4, -0.2) is 81.6 Å². The summed E-state index contributed by atoms with van der Waals surface area (Å²) in [6.07, 6.45) is 3.65. The Balaban J connectivity index is 1.44. The molecule has 0 aliphatic carbocycles. The van der Waals surface area contributed by atoms with Crippen LogP contribution in [0.2, 0.25) is 0 Å². The SMILES string of the molecule is C[C@@H]1CN([C@@H](C)CO)C(=O)c2cccc(NC(=O)c3cnccn3)c2O[C@@H]1CN(C)C(=O)Nc1cccc2ccccc12. The lowest BCUT2D eigenvalue weighted by molar-refractivity contribution is 0.0372. The lowest BCUT2D eigenvalue weighted by Crippen LogP contribution is -2.50. The number of aliphatic hydroxyl groups is 1. The van der Waals surface area contributed by atoms with E-state index in [1.54, 1.807) is 37.1 Å². The summed E-state index contributed by atoms with van der Waals surface area (Å²) in [6.45, 7) is 3.94. The van der Waals surface area contributed by atoms with Crippen molar-refractivity contribution in [2.75, 3.05) is 37.4 Å². The second kappa shape index (κ2) is 12.9. The zero-order valence-corrected chi connectivity index (χ0v) is 24.2. The molecule has 5 rings (SSSR count). The molecular weight excluding hydrogens is 548 g/mol. The van der Waals surface area contributed by atoms with Crippen molar-refractivity contribution in [3.8, 4) is 5.75 Å². The molecule has 0 unspecified atom stereocenters. The summed E-state index contributed by atoms with van der Waals surface area (Å²) >= 11 is 0. The molecule has 4 amide bonds. The van der Waals surface area contributed by atoms with Gasteiger partial charge in [-0.25, -0.2) is 9.78 Å². The number of nitrogens with zero attached hydrogens (tertiary/aromatic N) is 4. The molecule has 222 valence electrons. The monoisotopic (exact) mass is 582 g/mol. The molecule has 3 aromatic carbocycles. The highest BCUT2D eigenvalue weighted by atomic mass is 16.5. The number of aromatic nitrogens is 2. The average Bonchev–Trinajstić information content (AvgIpc) is 3.03. The molecule has 0 saturated carbocycles. The van der Waals surface area contributed by atoms with Crippen LogP contribution >= 0.6 is 0 Å². The fourth-order valence-corrected chi connectivity index (χ4v) is 5.06. The Morgan fingerprint density at radius 3 is 2.58 bits per heavy atom. The van der Waals surface area contributed by atoms with Gasteiger partial charge in [-0.05, 0) is 30.5 Å². The Morgan fingerprint density at radius 2 is 1.81 bits per heavy atom.